The van der Waals surface area contributed by atoms with Gasteiger partial charge in [-0.05, 0) is 35.4 Å². The Balaban J connectivity index is 1.91. The lowest BCUT2D eigenvalue weighted by Crippen LogP contribution is -2.45. The molecule has 0 aliphatic heterocycles. The molecule has 0 fully saturated rings. The number of aromatic nitrogens is 3. The molecule has 0 amide bonds. The second kappa shape index (κ2) is 8.68. The van der Waals surface area contributed by atoms with E-state index < -0.39 is 11.5 Å². The lowest BCUT2D eigenvalue weighted by molar-refractivity contribution is -0.725. The van der Waals surface area contributed by atoms with Crippen LogP contribution in [0, 0.1) is 11.1 Å². The number of hydrogen-bond donors (Lipinski definition) is 1. The predicted octanol–water partition coefficient (Wildman–Crippen LogP) is 4.93. The molecule has 0 bridgehead atoms. The van der Waals surface area contributed by atoms with Gasteiger partial charge in [-0.1, -0.05) is 77.5 Å². The first-order valence-corrected chi connectivity index (χ1v) is 11.0. The number of fused-ring (bicyclic) bond motifs is 1. The average Bonchev–Trinajstić information content (AvgIpc) is 3.31. The molecule has 0 spiro atoms. The van der Waals surface area contributed by atoms with Crippen LogP contribution in [0.15, 0.2) is 103 Å². The number of benzene rings is 3. The maximum Gasteiger partial charge on any atom is 0.270 e. The zero-order valence-electron chi connectivity index (χ0n) is 18.2. The molecule has 1 N–H and O–H groups in total. The topological polar surface area (TPSA) is 86.2 Å². The summed E-state index contributed by atoms with van der Waals surface area (Å²) in [5, 5.41) is 30.8. The number of hydrogen-bond acceptors (Lipinski definition) is 5. The van der Waals surface area contributed by atoms with Crippen LogP contribution in [-0.2, 0) is 10.3 Å². The van der Waals surface area contributed by atoms with Crippen LogP contribution in [0.2, 0.25) is 5.02 Å². The SMILES string of the molecule is COC1=C/C(=[N+](/[O-])O)C=CC1C(c1ccccc1)(c1ccc(Cl)cc1)n1nnc2ccccc21. The highest BCUT2D eigenvalue weighted by Crippen LogP contribution is 2.47. The third-order valence-corrected chi connectivity index (χ3v) is 6.40. The summed E-state index contributed by atoms with van der Waals surface area (Å²) < 4.78 is 7.68. The Bertz CT molecular complexity index is 1420. The van der Waals surface area contributed by atoms with Crippen LogP contribution >= 0.6 is 11.6 Å². The van der Waals surface area contributed by atoms with E-state index in [4.69, 9.17) is 16.3 Å². The van der Waals surface area contributed by atoms with Crippen molar-refractivity contribution in [2.75, 3.05) is 7.11 Å². The molecule has 3 aromatic carbocycles. The van der Waals surface area contributed by atoms with E-state index in [1.807, 2.05) is 89.6 Å². The molecule has 1 aliphatic rings. The summed E-state index contributed by atoms with van der Waals surface area (Å²) in [5.41, 5.74) is 2.49. The van der Waals surface area contributed by atoms with Gasteiger partial charge in [0.15, 0.2) is 0 Å². The van der Waals surface area contributed by atoms with Crippen molar-refractivity contribution in [1.82, 2.24) is 15.0 Å². The molecule has 1 aromatic heterocycles. The van der Waals surface area contributed by atoms with Crippen molar-refractivity contribution in [3.63, 3.8) is 0 Å². The molecule has 2 atom stereocenters. The highest BCUT2D eigenvalue weighted by atomic mass is 35.5. The smallest absolute Gasteiger partial charge is 0.270 e. The van der Waals surface area contributed by atoms with Crippen LogP contribution < -0.4 is 0 Å². The number of rotatable bonds is 5. The Labute approximate surface area is 201 Å². The average molecular weight is 473 g/mol. The summed E-state index contributed by atoms with van der Waals surface area (Å²) in [6.07, 6.45) is 4.95. The van der Waals surface area contributed by atoms with Gasteiger partial charge in [0, 0.05) is 16.0 Å². The highest BCUT2D eigenvalue weighted by Gasteiger charge is 2.48. The van der Waals surface area contributed by atoms with Crippen LogP contribution in [0.25, 0.3) is 11.0 Å². The van der Waals surface area contributed by atoms with Crippen LogP contribution in [0.5, 0.6) is 0 Å². The first kappa shape index (κ1) is 21.7. The Morgan fingerprint density at radius 1 is 1.00 bits per heavy atom. The summed E-state index contributed by atoms with van der Waals surface area (Å²) in [5.74, 6) is 0.0284. The summed E-state index contributed by atoms with van der Waals surface area (Å²) in [7, 11) is 1.54. The molecule has 0 radical (unpaired) electrons. The van der Waals surface area contributed by atoms with Gasteiger partial charge in [0.2, 0.25) is 0 Å². The van der Waals surface area contributed by atoms with Crippen LogP contribution in [0.3, 0.4) is 0 Å². The maximum atomic E-state index is 11.6. The zero-order chi connectivity index (χ0) is 23.7. The number of allylic oxidation sites excluding steroid dienone is 3. The molecule has 2 unspecified atom stereocenters. The molecular weight excluding hydrogens is 452 g/mol. The van der Waals surface area contributed by atoms with E-state index >= 15 is 0 Å². The summed E-state index contributed by atoms with van der Waals surface area (Å²) in [4.78, 5) is -0.177. The number of methoxy groups -OCH3 is 1. The van der Waals surface area contributed by atoms with Gasteiger partial charge in [-0.3, -0.25) is 5.21 Å². The van der Waals surface area contributed by atoms with E-state index in [1.54, 1.807) is 13.2 Å². The number of halogens is 1. The van der Waals surface area contributed by atoms with E-state index in [1.165, 1.54) is 6.08 Å². The minimum absolute atomic E-state index is 0.0645. The molecule has 1 heterocycles. The van der Waals surface area contributed by atoms with Crippen molar-refractivity contribution in [3.8, 4) is 0 Å². The molecule has 1 aliphatic carbocycles. The predicted molar refractivity (Wildman–Crippen MR) is 130 cm³/mol. The van der Waals surface area contributed by atoms with E-state index in [0.717, 1.165) is 22.2 Å². The lowest BCUT2D eigenvalue weighted by atomic mass is 9.70. The van der Waals surface area contributed by atoms with Crippen LogP contribution in [0.4, 0.5) is 0 Å². The molecule has 0 saturated heterocycles. The summed E-state index contributed by atoms with van der Waals surface area (Å²) >= 11 is 6.27. The summed E-state index contributed by atoms with van der Waals surface area (Å²) in [6.45, 7) is 0. The largest absolute Gasteiger partial charge is 0.500 e. The standard InChI is InChI=1S/C26H21ClN4O3/c1-34-25-17-21(31(32)33)15-16-22(25)26(18-7-3-2-4-8-18,19-11-13-20(27)14-12-19)30-24-10-6-5-9-23(24)28-29-30/h2-17,22H,1H3,(H,32,33). The van der Waals surface area contributed by atoms with E-state index in [2.05, 4.69) is 10.3 Å². The maximum absolute atomic E-state index is 11.6. The van der Waals surface area contributed by atoms with Crippen molar-refractivity contribution in [2.45, 2.75) is 5.54 Å². The Morgan fingerprint density at radius 3 is 2.38 bits per heavy atom. The third-order valence-electron chi connectivity index (χ3n) is 6.15. The third kappa shape index (κ3) is 3.41. The zero-order valence-corrected chi connectivity index (χ0v) is 19.0. The molecule has 34 heavy (non-hydrogen) atoms. The van der Waals surface area contributed by atoms with Crippen LogP contribution in [-0.4, -0.2) is 37.9 Å². The molecule has 0 saturated carbocycles. The fourth-order valence-electron chi connectivity index (χ4n) is 4.65. The Morgan fingerprint density at radius 2 is 1.68 bits per heavy atom. The van der Waals surface area contributed by atoms with Gasteiger partial charge in [0.1, 0.15) is 16.8 Å². The van der Waals surface area contributed by atoms with Gasteiger partial charge < -0.3 is 9.94 Å². The van der Waals surface area contributed by atoms with Gasteiger partial charge in [-0.15, -0.1) is 5.10 Å². The van der Waals surface area contributed by atoms with Gasteiger partial charge >= 0.3 is 0 Å². The molecule has 7 nitrogen and oxygen atoms in total. The first-order chi connectivity index (χ1) is 16.6. The normalized spacial score (nSPS) is 18.9. The number of ether oxygens (including phenoxy) is 1. The molecular formula is C26H21ClN4O3. The van der Waals surface area contributed by atoms with Gasteiger partial charge in [-0.25, -0.2) is 4.68 Å². The van der Waals surface area contributed by atoms with E-state index in [0.29, 0.717) is 10.8 Å². The molecule has 8 heteroatoms. The van der Waals surface area contributed by atoms with Gasteiger partial charge in [0.05, 0.1) is 24.6 Å². The second-order valence-corrected chi connectivity index (χ2v) is 8.35. The minimum atomic E-state index is -0.963. The quantitative estimate of drug-likeness (QED) is 0.253. The van der Waals surface area contributed by atoms with E-state index in [-0.39, 0.29) is 10.6 Å². The lowest BCUT2D eigenvalue weighted by Gasteiger charge is -2.42. The second-order valence-electron chi connectivity index (χ2n) is 7.91. The Kier molecular flexibility index (Phi) is 5.55. The summed E-state index contributed by atoms with van der Waals surface area (Å²) in [6, 6.07) is 25.2. The molecule has 4 aromatic rings. The first-order valence-electron chi connectivity index (χ1n) is 10.6. The fraction of sp³-hybridized carbons (Fsp3) is 0.115. The van der Waals surface area contributed by atoms with Crippen molar-refractivity contribution in [3.05, 3.63) is 124 Å². The number of para-hydroxylation sites is 1. The monoisotopic (exact) mass is 472 g/mol. The van der Waals surface area contributed by atoms with Gasteiger partial charge in [-0.2, -0.15) is 0 Å². The van der Waals surface area contributed by atoms with Crippen molar-refractivity contribution in [2.24, 2.45) is 5.92 Å². The molecule has 5 rings (SSSR count). The van der Waals surface area contributed by atoms with Gasteiger partial charge in [0.25, 0.3) is 5.71 Å². The van der Waals surface area contributed by atoms with Crippen molar-refractivity contribution >= 4 is 28.3 Å². The minimum Gasteiger partial charge on any atom is -0.500 e. The highest BCUT2D eigenvalue weighted by molar-refractivity contribution is 6.30. The Hall–Kier alpha value is -4.10. The van der Waals surface area contributed by atoms with Crippen molar-refractivity contribution in [1.29, 1.82) is 0 Å². The van der Waals surface area contributed by atoms with Crippen LogP contribution in [0.1, 0.15) is 11.1 Å². The fourth-order valence-corrected chi connectivity index (χ4v) is 4.78. The van der Waals surface area contributed by atoms with Crippen molar-refractivity contribution < 1.29 is 14.8 Å². The van der Waals surface area contributed by atoms with E-state index in [9.17, 15) is 10.4 Å². The molecule has 170 valence electrons. The number of nitrogens with zero attached hydrogens (tertiary/aromatic N) is 4.